The molecule has 3 aromatic rings. The highest BCUT2D eigenvalue weighted by molar-refractivity contribution is 6.30. The lowest BCUT2D eigenvalue weighted by atomic mass is 10.2. The second-order valence-corrected chi connectivity index (χ2v) is 6.74. The Kier molecular flexibility index (Phi) is 5.50. The number of nitrogens with zero attached hydrogens (tertiary/aromatic N) is 6. The van der Waals surface area contributed by atoms with Crippen molar-refractivity contribution in [3.63, 3.8) is 0 Å². The van der Waals surface area contributed by atoms with Gasteiger partial charge in [0.25, 0.3) is 5.91 Å². The Morgan fingerprint density at radius 3 is 2.32 bits per heavy atom. The summed E-state index contributed by atoms with van der Waals surface area (Å²) in [5.41, 5.74) is 1.93. The summed E-state index contributed by atoms with van der Waals surface area (Å²) in [7, 11) is 3.42. The van der Waals surface area contributed by atoms with Gasteiger partial charge in [-0.05, 0) is 13.3 Å². The van der Waals surface area contributed by atoms with Gasteiger partial charge in [0.2, 0.25) is 5.91 Å². The first-order valence-electron chi connectivity index (χ1n) is 8.64. The summed E-state index contributed by atoms with van der Waals surface area (Å²) in [6.07, 6.45) is 6.55. The Labute approximate surface area is 166 Å². The number of halogens is 1. The van der Waals surface area contributed by atoms with Gasteiger partial charge in [-0.2, -0.15) is 15.3 Å². The molecule has 0 bridgehead atoms. The molecule has 3 aromatic heterocycles. The zero-order valence-corrected chi connectivity index (χ0v) is 16.7. The van der Waals surface area contributed by atoms with E-state index >= 15 is 0 Å². The highest BCUT2D eigenvalue weighted by atomic mass is 35.5. The van der Waals surface area contributed by atoms with E-state index in [-0.39, 0.29) is 11.6 Å². The summed E-state index contributed by atoms with van der Waals surface area (Å²) in [5.74, 6) is -0.719. The second kappa shape index (κ2) is 7.85. The SMILES string of the molecule is CCC(C(=O)Nc1cnn(C)c1C(=O)Nc1cnn(C)c1C)n1cc(Cl)cn1. The van der Waals surface area contributed by atoms with Crippen LogP contribution in [-0.2, 0) is 18.9 Å². The van der Waals surface area contributed by atoms with Crippen LogP contribution in [0.2, 0.25) is 5.02 Å². The van der Waals surface area contributed by atoms with E-state index in [0.717, 1.165) is 5.69 Å². The van der Waals surface area contributed by atoms with Crippen molar-refractivity contribution in [3.8, 4) is 0 Å². The molecule has 0 saturated carbocycles. The van der Waals surface area contributed by atoms with Crippen molar-refractivity contribution in [2.45, 2.75) is 26.3 Å². The van der Waals surface area contributed by atoms with Gasteiger partial charge in [0.1, 0.15) is 11.7 Å². The zero-order valence-electron chi connectivity index (χ0n) is 16.0. The largest absolute Gasteiger partial charge is 0.321 e. The molecule has 3 heterocycles. The van der Waals surface area contributed by atoms with Crippen molar-refractivity contribution < 1.29 is 9.59 Å². The fourth-order valence-corrected chi connectivity index (χ4v) is 2.94. The van der Waals surface area contributed by atoms with Crippen molar-refractivity contribution in [1.29, 1.82) is 0 Å². The van der Waals surface area contributed by atoms with Gasteiger partial charge in [0, 0.05) is 20.3 Å². The zero-order chi connectivity index (χ0) is 20.4. The molecule has 0 aliphatic rings. The first-order valence-corrected chi connectivity index (χ1v) is 9.02. The maximum Gasteiger partial charge on any atom is 0.276 e. The summed E-state index contributed by atoms with van der Waals surface area (Å²) < 4.78 is 4.55. The van der Waals surface area contributed by atoms with Crippen molar-refractivity contribution in [2.75, 3.05) is 10.6 Å². The second-order valence-electron chi connectivity index (χ2n) is 6.30. The Morgan fingerprint density at radius 2 is 1.75 bits per heavy atom. The number of rotatable bonds is 6. The van der Waals surface area contributed by atoms with E-state index < -0.39 is 11.9 Å². The van der Waals surface area contributed by atoms with E-state index in [1.807, 2.05) is 13.8 Å². The molecule has 2 amide bonds. The molecule has 1 unspecified atom stereocenters. The van der Waals surface area contributed by atoms with Crippen molar-refractivity contribution >= 4 is 34.8 Å². The van der Waals surface area contributed by atoms with Gasteiger partial charge in [-0.25, -0.2) is 0 Å². The lowest BCUT2D eigenvalue weighted by molar-refractivity contribution is -0.119. The number of amides is 2. The van der Waals surface area contributed by atoms with Crippen LogP contribution in [0.1, 0.15) is 35.6 Å². The summed E-state index contributed by atoms with van der Waals surface area (Å²) in [6.45, 7) is 3.71. The van der Waals surface area contributed by atoms with Crippen molar-refractivity contribution in [1.82, 2.24) is 29.3 Å². The average Bonchev–Trinajstić information content (AvgIpc) is 3.31. The number of hydrogen-bond donors (Lipinski definition) is 2. The molecule has 0 aromatic carbocycles. The lowest BCUT2D eigenvalue weighted by Crippen LogP contribution is -2.27. The molecular formula is C17H21ClN8O2. The van der Waals surface area contributed by atoms with E-state index in [9.17, 15) is 9.59 Å². The summed E-state index contributed by atoms with van der Waals surface area (Å²) in [4.78, 5) is 25.5. The van der Waals surface area contributed by atoms with Gasteiger partial charge < -0.3 is 10.6 Å². The van der Waals surface area contributed by atoms with E-state index in [4.69, 9.17) is 11.6 Å². The van der Waals surface area contributed by atoms with Crippen LogP contribution in [-0.4, -0.2) is 41.2 Å². The number of aryl methyl sites for hydroxylation is 2. The fraction of sp³-hybridized carbons (Fsp3) is 0.353. The first kappa shape index (κ1) is 19.6. The first-order chi connectivity index (χ1) is 13.3. The highest BCUT2D eigenvalue weighted by Gasteiger charge is 2.24. The molecule has 0 spiro atoms. The van der Waals surface area contributed by atoms with Gasteiger partial charge in [-0.3, -0.25) is 23.6 Å². The van der Waals surface area contributed by atoms with Crippen LogP contribution < -0.4 is 10.6 Å². The fourth-order valence-electron chi connectivity index (χ4n) is 2.80. The summed E-state index contributed by atoms with van der Waals surface area (Å²) in [6, 6.07) is -0.566. The summed E-state index contributed by atoms with van der Waals surface area (Å²) >= 11 is 5.90. The number of aromatic nitrogens is 6. The number of nitrogens with one attached hydrogen (secondary N) is 2. The molecule has 0 radical (unpaired) electrons. The Bertz CT molecular complexity index is 1020. The molecule has 0 aliphatic heterocycles. The Morgan fingerprint density at radius 1 is 1.07 bits per heavy atom. The molecule has 148 valence electrons. The molecule has 28 heavy (non-hydrogen) atoms. The molecule has 0 aliphatic carbocycles. The van der Waals surface area contributed by atoms with Crippen molar-refractivity contribution in [3.05, 3.63) is 41.2 Å². The van der Waals surface area contributed by atoms with E-state index in [0.29, 0.717) is 22.8 Å². The summed E-state index contributed by atoms with van der Waals surface area (Å²) in [5, 5.41) is 18.3. The molecular weight excluding hydrogens is 384 g/mol. The number of carbonyl (C=O) groups is 2. The quantitative estimate of drug-likeness (QED) is 0.653. The maximum absolute atomic E-state index is 12.8. The minimum atomic E-state index is -0.566. The minimum Gasteiger partial charge on any atom is -0.321 e. The van der Waals surface area contributed by atoms with Gasteiger partial charge in [-0.15, -0.1) is 0 Å². The Balaban J connectivity index is 1.81. The molecule has 0 saturated heterocycles. The number of carbonyl (C=O) groups excluding carboxylic acids is 2. The Hall–Kier alpha value is -3.14. The molecule has 2 N–H and O–H groups in total. The van der Waals surface area contributed by atoms with Crippen LogP contribution in [0, 0.1) is 6.92 Å². The standard InChI is InChI=1S/C17H21ClN8O2/c1-5-14(26-9-11(18)6-21-26)16(27)23-13-8-20-25(4)15(13)17(28)22-12-7-19-24(3)10(12)2/h6-9,14H,5H2,1-4H3,(H,22,28)(H,23,27). The van der Waals surface area contributed by atoms with E-state index in [1.54, 1.807) is 31.2 Å². The topological polar surface area (TPSA) is 112 Å². The maximum atomic E-state index is 12.8. The minimum absolute atomic E-state index is 0.227. The predicted octanol–water partition coefficient (Wildman–Crippen LogP) is 2.15. The molecule has 0 fully saturated rings. The van der Waals surface area contributed by atoms with Crippen LogP contribution in [0.15, 0.2) is 24.8 Å². The van der Waals surface area contributed by atoms with Gasteiger partial charge in [-0.1, -0.05) is 18.5 Å². The highest BCUT2D eigenvalue weighted by Crippen LogP contribution is 2.21. The molecule has 1 atom stereocenters. The molecule has 3 rings (SSSR count). The number of hydrogen-bond acceptors (Lipinski definition) is 5. The van der Waals surface area contributed by atoms with Crippen LogP contribution in [0.4, 0.5) is 11.4 Å². The van der Waals surface area contributed by atoms with Crippen LogP contribution >= 0.6 is 11.6 Å². The molecule has 10 nitrogen and oxygen atoms in total. The van der Waals surface area contributed by atoms with E-state index in [2.05, 4.69) is 25.9 Å². The van der Waals surface area contributed by atoms with Gasteiger partial charge in [0.15, 0.2) is 0 Å². The lowest BCUT2D eigenvalue weighted by Gasteiger charge is -2.15. The van der Waals surface area contributed by atoms with Crippen LogP contribution in [0.3, 0.4) is 0 Å². The van der Waals surface area contributed by atoms with Crippen LogP contribution in [0.5, 0.6) is 0 Å². The monoisotopic (exact) mass is 404 g/mol. The van der Waals surface area contributed by atoms with Crippen LogP contribution in [0.25, 0.3) is 0 Å². The third kappa shape index (κ3) is 3.77. The normalized spacial score (nSPS) is 12.0. The van der Waals surface area contributed by atoms with Gasteiger partial charge >= 0.3 is 0 Å². The molecule has 11 heteroatoms. The smallest absolute Gasteiger partial charge is 0.276 e. The van der Waals surface area contributed by atoms with E-state index in [1.165, 1.54) is 21.8 Å². The average molecular weight is 405 g/mol. The van der Waals surface area contributed by atoms with Crippen molar-refractivity contribution in [2.24, 2.45) is 14.1 Å². The van der Waals surface area contributed by atoms with Gasteiger partial charge in [0.05, 0.1) is 40.7 Å². The third-order valence-corrected chi connectivity index (χ3v) is 4.67. The number of anilines is 2. The predicted molar refractivity (Wildman–Crippen MR) is 104 cm³/mol. The third-order valence-electron chi connectivity index (χ3n) is 4.47.